The number of carbonyl (C=O) groups excluding carboxylic acids is 1. The molecule has 0 bridgehead atoms. The molecule has 0 spiro atoms. The van der Waals surface area contributed by atoms with Gasteiger partial charge in [-0.15, -0.1) is 0 Å². The van der Waals surface area contributed by atoms with Crippen molar-refractivity contribution in [2.24, 2.45) is 0 Å². The van der Waals surface area contributed by atoms with Crippen LogP contribution < -0.4 is 5.32 Å². The molecule has 82 valence electrons. The Labute approximate surface area is 102 Å². The SMILES string of the molecule is O=C(NC1(CBr)CCCC1)c1ccsc1. The lowest BCUT2D eigenvalue weighted by atomic mass is 10.0. The number of alkyl halides is 1. The Kier molecular flexibility index (Phi) is 3.46. The summed E-state index contributed by atoms with van der Waals surface area (Å²) in [5.74, 6) is 0.0672. The van der Waals surface area contributed by atoms with E-state index >= 15 is 0 Å². The predicted molar refractivity (Wildman–Crippen MR) is 66.8 cm³/mol. The monoisotopic (exact) mass is 287 g/mol. The number of carbonyl (C=O) groups is 1. The van der Waals surface area contributed by atoms with Crippen molar-refractivity contribution in [2.75, 3.05) is 5.33 Å². The summed E-state index contributed by atoms with van der Waals surface area (Å²) in [6, 6.07) is 1.87. The zero-order valence-electron chi connectivity index (χ0n) is 8.46. The minimum Gasteiger partial charge on any atom is -0.346 e. The molecule has 0 radical (unpaired) electrons. The number of hydrogen-bond acceptors (Lipinski definition) is 2. The molecule has 1 amide bonds. The smallest absolute Gasteiger partial charge is 0.252 e. The molecule has 1 saturated carbocycles. The van der Waals surface area contributed by atoms with Crippen LogP contribution in [-0.4, -0.2) is 16.8 Å². The molecule has 4 heteroatoms. The van der Waals surface area contributed by atoms with Crippen LogP contribution in [0, 0.1) is 0 Å². The molecule has 15 heavy (non-hydrogen) atoms. The molecule has 1 aliphatic rings. The number of hydrogen-bond donors (Lipinski definition) is 1. The van der Waals surface area contributed by atoms with Gasteiger partial charge >= 0.3 is 0 Å². The minimum atomic E-state index is -0.000972. The van der Waals surface area contributed by atoms with Crippen LogP contribution in [0.5, 0.6) is 0 Å². The Morgan fingerprint density at radius 1 is 1.53 bits per heavy atom. The number of nitrogens with one attached hydrogen (secondary N) is 1. The largest absolute Gasteiger partial charge is 0.346 e. The average Bonchev–Trinajstić information content (AvgIpc) is 2.88. The predicted octanol–water partition coefficient (Wildman–Crippen LogP) is 3.19. The summed E-state index contributed by atoms with van der Waals surface area (Å²) in [6.07, 6.45) is 4.62. The Bertz CT molecular complexity index is 330. The Morgan fingerprint density at radius 2 is 2.27 bits per heavy atom. The van der Waals surface area contributed by atoms with Crippen molar-refractivity contribution < 1.29 is 4.79 Å². The molecule has 1 heterocycles. The van der Waals surface area contributed by atoms with Gasteiger partial charge < -0.3 is 5.32 Å². The lowest BCUT2D eigenvalue weighted by Gasteiger charge is -2.27. The number of thiophene rings is 1. The molecule has 0 saturated heterocycles. The van der Waals surface area contributed by atoms with Gasteiger partial charge in [0.2, 0.25) is 0 Å². The topological polar surface area (TPSA) is 29.1 Å². The molecule has 1 aliphatic carbocycles. The normalized spacial score (nSPS) is 19.0. The summed E-state index contributed by atoms with van der Waals surface area (Å²) in [4.78, 5) is 11.9. The molecule has 2 rings (SSSR count). The van der Waals surface area contributed by atoms with E-state index in [9.17, 15) is 4.79 Å². The van der Waals surface area contributed by atoms with Gasteiger partial charge in [0.1, 0.15) is 0 Å². The quantitative estimate of drug-likeness (QED) is 0.850. The maximum Gasteiger partial charge on any atom is 0.252 e. The van der Waals surface area contributed by atoms with Crippen LogP contribution in [0.25, 0.3) is 0 Å². The first-order chi connectivity index (χ1) is 7.26. The number of amides is 1. The van der Waals surface area contributed by atoms with E-state index in [2.05, 4.69) is 21.2 Å². The van der Waals surface area contributed by atoms with E-state index in [1.807, 2.05) is 16.8 Å². The van der Waals surface area contributed by atoms with Gasteiger partial charge in [0, 0.05) is 10.7 Å². The molecule has 0 unspecified atom stereocenters. The van der Waals surface area contributed by atoms with E-state index in [0.717, 1.165) is 23.7 Å². The minimum absolute atomic E-state index is 0.000972. The van der Waals surface area contributed by atoms with Crippen molar-refractivity contribution in [1.29, 1.82) is 0 Å². The van der Waals surface area contributed by atoms with Crippen molar-refractivity contribution >= 4 is 33.2 Å². The van der Waals surface area contributed by atoms with Crippen molar-refractivity contribution in [2.45, 2.75) is 31.2 Å². The second-order valence-electron chi connectivity index (χ2n) is 4.09. The molecule has 1 fully saturated rings. The van der Waals surface area contributed by atoms with Crippen molar-refractivity contribution in [3.63, 3.8) is 0 Å². The van der Waals surface area contributed by atoms with Crippen LogP contribution in [0.4, 0.5) is 0 Å². The highest BCUT2D eigenvalue weighted by molar-refractivity contribution is 9.09. The third kappa shape index (κ3) is 2.42. The average molecular weight is 288 g/mol. The first-order valence-corrected chi connectivity index (χ1v) is 7.23. The van der Waals surface area contributed by atoms with Crippen LogP contribution in [0.15, 0.2) is 16.8 Å². The molecule has 1 aromatic heterocycles. The van der Waals surface area contributed by atoms with E-state index in [1.54, 1.807) is 11.3 Å². The Hall–Kier alpha value is -0.350. The zero-order valence-corrected chi connectivity index (χ0v) is 10.9. The first-order valence-electron chi connectivity index (χ1n) is 5.16. The standard InChI is InChI=1S/C11H14BrNOS/c12-8-11(4-1-2-5-11)13-10(14)9-3-6-15-7-9/h3,6-7H,1-2,4-5,8H2,(H,13,14). The van der Waals surface area contributed by atoms with E-state index < -0.39 is 0 Å². The maximum absolute atomic E-state index is 11.9. The second-order valence-corrected chi connectivity index (χ2v) is 5.43. The Balaban J connectivity index is 2.04. The van der Waals surface area contributed by atoms with Crippen molar-refractivity contribution in [3.05, 3.63) is 22.4 Å². The van der Waals surface area contributed by atoms with Crippen LogP contribution in [0.3, 0.4) is 0 Å². The van der Waals surface area contributed by atoms with Gasteiger partial charge in [-0.1, -0.05) is 28.8 Å². The van der Waals surface area contributed by atoms with Gasteiger partial charge in [0.15, 0.2) is 0 Å². The summed E-state index contributed by atoms with van der Waals surface area (Å²) < 4.78 is 0. The summed E-state index contributed by atoms with van der Waals surface area (Å²) >= 11 is 5.07. The molecule has 0 aliphatic heterocycles. The summed E-state index contributed by atoms with van der Waals surface area (Å²) in [5.41, 5.74) is 0.783. The number of halogens is 1. The van der Waals surface area contributed by atoms with E-state index in [4.69, 9.17) is 0 Å². The molecule has 0 atom stereocenters. The molecular weight excluding hydrogens is 274 g/mol. The fourth-order valence-electron chi connectivity index (χ4n) is 2.05. The second kappa shape index (κ2) is 4.66. The fourth-order valence-corrected chi connectivity index (χ4v) is 3.39. The van der Waals surface area contributed by atoms with Crippen LogP contribution in [0.2, 0.25) is 0 Å². The Morgan fingerprint density at radius 3 is 2.80 bits per heavy atom. The summed E-state index contributed by atoms with van der Waals surface area (Å²) in [6.45, 7) is 0. The number of rotatable bonds is 3. The van der Waals surface area contributed by atoms with E-state index in [0.29, 0.717) is 0 Å². The summed E-state index contributed by atoms with van der Waals surface area (Å²) in [5, 5.41) is 7.85. The maximum atomic E-state index is 11.9. The first kappa shape index (κ1) is 11.1. The fraction of sp³-hybridized carbons (Fsp3) is 0.545. The van der Waals surface area contributed by atoms with Gasteiger partial charge in [-0.05, 0) is 24.3 Å². The van der Waals surface area contributed by atoms with Crippen molar-refractivity contribution in [1.82, 2.24) is 5.32 Å². The molecule has 2 nitrogen and oxygen atoms in total. The van der Waals surface area contributed by atoms with Gasteiger partial charge in [-0.25, -0.2) is 0 Å². The third-order valence-electron chi connectivity index (χ3n) is 2.98. The van der Waals surface area contributed by atoms with Gasteiger partial charge in [-0.3, -0.25) is 4.79 Å². The highest BCUT2D eigenvalue weighted by atomic mass is 79.9. The van der Waals surface area contributed by atoms with Gasteiger partial charge in [-0.2, -0.15) is 11.3 Å². The third-order valence-corrected chi connectivity index (χ3v) is 4.74. The van der Waals surface area contributed by atoms with E-state index in [-0.39, 0.29) is 11.4 Å². The molecule has 1 N–H and O–H groups in total. The summed E-state index contributed by atoms with van der Waals surface area (Å²) in [7, 11) is 0. The molecule has 1 aromatic rings. The van der Waals surface area contributed by atoms with Gasteiger partial charge in [0.25, 0.3) is 5.91 Å². The zero-order chi connectivity index (χ0) is 10.7. The molecule has 0 aromatic carbocycles. The van der Waals surface area contributed by atoms with Crippen molar-refractivity contribution in [3.8, 4) is 0 Å². The van der Waals surface area contributed by atoms with Crippen LogP contribution >= 0.6 is 27.3 Å². The van der Waals surface area contributed by atoms with Gasteiger partial charge in [0.05, 0.1) is 11.1 Å². The van der Waals surface area contributed by atoms with E-state index in [1.165, 1.54) is 12.8 Å². The highest BCUT2D eigenvalue weighted by Gasteiger charge is 2.34. The lowest BCUT2D eigenvalue weighted by molar-refractivity contribution is 0.0911. The highest BCUT2D eigenvalue weighted by Crippen LogP contribution is 2.31. The molecular formula is C11H14BrNOS. The lowest BCUT2D eigenvalue weighted by Crippen LogP contribution is -2.47. The van der Waals surface area contributed by atoms with Crippen LogP contribution in [0.1, 0.15) is 36.0 Å². The van der Waals surface area contributed by atoms with Crippen LogP contribution in [-0.2, 0) is 0 Å².